The van der Waals surface area contributed by atoms with E-state index in [4.69, 9.17) is 9.15 Å². The summed E-state index contributed by atoms with van der Waals surface area (Å²) >= 11 is 0. The quantitative estimate of drug-likeness (QED) is 0.464. The van der Waals surface area contributed by atoms with Crippen molar-refractivity contribution in [1.82, 2.24) is 5.32 Å². The molecular weight excluding hydrogens is 366 g/mol. The Morgan fingerprint density at radius 1 is 1.32 bits per heavy atom. The number of ether oxygens (including phenoxy) is 1. The monoisotopic (exact) mass is 385 g/mol. The zero-order valence-electron chi connectivity index (χ0n) is 15.2. The Balaban J connectivity index is 1.79. The fraction of sp³-hybridized carbons (Fsp3) is 0.263. The van der Waals surface area contributed by atoms with Crippen LogP contribution in [0, 0.1) is 10.1 Å². The molecule has 0 aliphatic carbocycles. The Labute approximate surface area is 160 Å². The van der Waals surface area contributed by atoms with Gasteiger partial charge in [0.2, 0.25) is 0 Å². The molecule has 9 nitrogen and oxygen atoms in total. The number of nitrogens with one attached hydrogen (secondary N) is 1. The van der Waals surface area contributed by atoms with Crippen LogP contribution >= 0.6 is 0 Å². The maximum atomic E-state index is 12.7. The second-order valence-electron chi connectivity index (χ2n) is 6.08. The highest BCUT2D eigenvalue weighted by atomic mass is 16.6. The molecule has 0 saturated carbocycles. The van der Waals surface area contributed by atoms with E-state index >= 15 is 0 Å². The molecular formula is C19H19N3O6. The maximum Gasteiger partial charge on any atom is 0.433 e. The van der Waals surface area contributed by atoms with Crippen molar-refractivity contribution in [3.8, 4) is 5.75 Å². The minimum atomic E-state index is -0.830. The van der Waals surface area contributed by atoms with E-state index in [-0.39, 0.29) is 18.2 Å². The van der Waals surface area contributed by atoms with Crippen molar-refractivity contribution >= 4 is 29.5 Å². The fourth-order valence-electron chi connectivity index (χ4n) is 2.71. The number of hydrogen-bond donors (Lipinski definition) is 1. The average molecular weight is 385 g/mol. The number of carbonyl (C=O) groups is 2. The van der Waals surface area contributed by atoms with E-state index in [0.29, 0.717) is 18.0 Å². The van der Waals surface area contributed by atoms with Gasteiger partial charge in [-0.05, 0) is 30.7 Å². The van der Waals surface area contributed by atoms with Crippen LogP contribution in [-0.4, -0.2) is 35.9 Å². The van der Waals surface area contributed by atoms with E-state index in [0.717, 1.165) is 6.42 Å². The molecule has 28 heavy (non-hydrogen) atoms. The zero-order chi connectivity index (χ0) is 20.1. The Hall–Kier alpha value is -3.62. The molecule has 1 aromatic carbocycles. The number of nitrogens with zero attached hydrogens (tertiary/aromatic N) is 2. The molecule has 1 aliphatic heterocycles. The van der Waals surface area contributed by atoms with Crippen LogP contribution in [0.1, 0.15) is 19.1 Å². The Kier molecular flexibility index (Phi) is 5.73. The minimum absolute atomic E-state index is 0.0496. The third-order valence-electron chi connectivity index (χ3n) is 4.06. The van der Waals surface area contributed by atoms with Gasteiger partial charge in [0.15, 0.2) is 6.10 Å². The lowest BCUT2D eigenvalue weighted by molar-refractivity contribution is -0.402. The summed E-state index contributed by atoms with van der Waals surface area (Å²) in [6, 6.07) is 9.54. The van der Waals surface area contributed by atoms with Crippen molar-refractivity contribution in [3.05, 3.63) is 58.3 Å². The average Bonchev–Trinajstić information content (AvgIpc) is 3.18. The lowest BCUT2D eigenvalue weighted by Gasteiger charge is -2.33. The molecule has 146 valence electrons. The van der Waals surface area contributed by atoms with Crippen molar-refractivity contribution in [3.63, 3.8) is 0 Å². The summed E-state index contributed by atoms with van der Waals surface area (Å²) in [5.41, 5.74) is 0.544. The number of carbonyl (C=O) groups excluding carboxylic acids is 2. The molecule has 0 bridgehead atoms. The first-order chi connectivity index (χ1) is 13.5. The maximum absolute atomic E-state index is 12.7. The summed E-state index contributed by atoms with van der Waals surface area (Å²) in [5.74, 6) is -0.487. The first kappa shape index (κ1) is 19.2. The zero-order valence-corrected chi connectivity index (χ0v) is 15.2. The highest BCUT2D eigenvalue weighted by Crippen LogP contribution is 2.33. The van der Waals surface area contributed by atoms with Crippen LogP contribution in [0.3, 0.4) is 0 Å². The Morgan fingerprint density at radius 2 is 2.11 bits per heavy atom. The lowest BCUT2D eigenvalue weighted by Crippen LogP contribution is -2.50. The topological polar surface area (TPSA) is 115 Å². The highest BCUT2D eigenvalue weighted by molar-refractivity contribution is 6.05. The smallest absolute Gasteiger partial charge is 0.433 e. The second kappa shape index (κ2) is 8.38. The molecule has 1 atom stereocenters. The normalized spacial score (nSPS) is 15.8. The molecule has 0 spiro atoms. The van der Waals surface area contributed by atoms with E-state index in [1.165, 1.54) is 29.2 Å². The number of hydrogen-bond acceptors (Lipinski definition) is 6. The summed E-state index contributed by atoms with van der Waals surface area (Å²) in [4.78, 5) is 36.5. The van der Waals surface area contributed by atoms with Crippen LogP contribution in [-0.2, 0) is 9.59 Å². The van der Waals surface area contributed by atoms with Gasteiger partial charge >= 0.3 is 5.88 Å². The van der Waals surface area contributed by atoms with E-state index < -0.39 is 22.8 Å². The van der Waals surface area contributed by atoms with Crippen molar-refractivity contribution in [2.24, 2.45) is 0 Å². The molecule has 2 aromatic rings. The minimum Gasteiger partial charge on any atom is -0.477 e. The number of anilines is 1. The van der Waals surface area contributed by atoms with Gasteiger partial charge in [-0.1, -0.05) is 19.1 Å². The molecule has 0 saturated heterocycles. The third kappa shape index (κ3) is 4.20. The number of furan rings is 1. The number of benzene rings is 1. The molecule has 0 unspecified atom stereocenters. The number of fused-ring (bicyclic) bond motifs is 1. The highest BCUT2D eigenvalue weighted by Gasteiger charge is 2.32. The van der Waals surface area contributed by atoms with Gasteiger partial charge in [0.1, 0.15) is 16.4 Å². The van der Waals surface area contributed by atoms with E-state index in [9.17, 15) is 19.7 Å². The van der Waals surface area contributed by atoms with Crippen molar-refractivity contribution in [2.45, 2.75) is 19.4 Å². The summed E-state index contributed by atoms with van der Waals surface area (Å²) in [6.07, 6.45) is 2.55. The van der Waals surface area contributed by atoms with Gasteiger partial charge in [-0.25, -0.2) is 0 Å². The molecule has 0 radical (unpaired) electrons. The molecule has 2 amide bonds. The van der Waals surface area contributed by atoms with Gasteiger partial charge in [0, 0.05) is 12.6 Å². The van der Waals surface area contributed by atoms with Crippen LogP contribution in [0.2, 0.25) is 0 Å². The van der Waals surface area contributed by atoms with E-state index in [1.54, 1.807) is 24.3 Å². The van der Waals surface area contributed by atoms with E-state index in [2.05, 4.69) is 5.32 Å². The molecule has 2 heterocycles. The standard InChI is InChI=1S/C19H19N3O6/c1-2-11-20-19(24)16-12-21(14-5-3-4-6-15(14)28-16)17(23)9-7-13-8-10-18(27-13)22(25)26/h3-10,16H,2,11-12H2,1H3,(H,20,24)/b9-7+/t16-/m1/s1. The van der Waals surface area contributed by atoms with Crippen molar-refractivity contribution in [1.29, 1.82) is 0 Å². The summed E-state index contributed by atoms with van der Waals surface area (Å²) in [6.45, 7) is 2.51. The predicted molar refractivity (Wildman–Crippen MR) is 101 cm³/mol. The predicted octanol–water partition coefficient (Wildman–Crippen LogP) is 2.52. The number of rotatable bonds is 6. The van der Waals surface area contributed by atoms with Crippen LogP contribution in [0.15, 0.2) is 46.9 Å². The van der Waals surface area contributed by atoms with Crippen LogP contribution < -0.4 is 15.0 Å². The lowest BCUT2D eigenvalue weighted by atomic mass is 10.1. The summed E-state index contributed by atoms with van der Waals surface area (Å²) in [5, 5.41) is 13.4. The molecule has 1 aromatic heterocycles. The fourth-order valence-corrected chi connectivity index (χ4v) is 2.71. The van der Waals surface area contributed by atoms with Crippen LogP contribution in [0.25, 0.3) is 6.08 Å². The van der Waals surface area contributed by atoms with E-state index in [1.807, 2.05) is 6.92 Å². The van der Waals surface area contributed by atoms with Gasteiger partial charge in [-0.2, -0.15) is 0 Å². The molecule has 1 aliphatic rings. The van der Waals surface area contributed by atoms with Gasteiger partial charge in [0.05, 0.1) is 18.3 Å². The molecule has 3 rings (SSSR count). The van der Waals surface area contributed by atoms with Gasteiger partial charge in [-0.3, -0.25) is 19.7 Å². The van der Waals surface area contributed by atoms with Crippen molar-refractivity contribution in [2.75, 3.05) is 18.0 Å². The van der Waals surface area contributed by atoms with Crippen molar-refractivity contribution < 1.29 is 23.7 Å². The number of nitro groups is 1. The SMILES string of the molecule is CCCNC(=O)[C@H]1CN(C(=O)/C=C/c2ccc([N+](=O)[O-])o2)c2ccccc2O1. The third-order valence-corrected chi connectivity index (χ3v) is 4.06. The second-order valence-corrected chi connectivity index (χ2v) is 6.08. The number of para-hydroxylation sites is 2. The molecule has 0 fully saturated rings. The first-order valence-corrected chi connectivity index (χ1v) is 8.76. The van der Waals surface area contributed by atoms with Gasteiger partial charge in [-0.15, -0.1) is 0 Å². The largest absolute Gasteiger partial charge is 0.477 e. The Morgan fingerprint density at radius 3 is 2.82 bits per heavy atom. The van der Waals surface area contributed by atoms with Gasteiger partial charge in [0.25, 0.3) is 11.8 Å². The summed E-state index contributed by atoms with van der Waals surface area (Å²) in [7, 11) is 0. The molecule has 9 heteroatoms. The summed E-state index contributed by atoms with van der Waals surface area (Å²) < 4.78 is 10.8. The van der Waals surface area contributed by atoms with Gasteiger partial charge < -0.3 is 19.4 Å². The van der Waals surface area contributed by atoms with Crippen LogP contribution in [0.4, 0.5) is 11.6 Å². The number of amides is 2. The molecule has 1 N–H and O–H groups in total. The Bertz CT molecular complexity index is 920. The first-order valence-electron chi connectivity index (χ1n) is 8.76. The van der Waals surface area contributed by atoms with Crippen LogP contribution in [0.5, 0.6) is 5.75 Å².